The molecule has 0 aliphatic rings. The number of primary amides is 1. The molecule has 8 N–H and O–H groups in total. The molecule has 0 unspecified atom stereocenters. The van der Waals surface area contributed by atoms with Crippen LogP contribution in [0.4, 0.5) is 0 Å². The topological polar surface area (TPSA) is 180 Å². The maximum Gasteiger partial charge on any atom is 0.326 e. The first-order valence-corrected chi connectivity index (χ1v) is 10.7. The highest BCUT2D eigenvalue weighted by atomic mass is 16.4. The Kier molecular flexibility index (Phi) is 7.99. The average Bonchev–Trinajstić information content (AvgIpc) is 3.21. The molecule has 10 nitrogen and oxygen atoms in total. The van der Waals surface area contributed by atoms with Gasteiger partial charge in [0.2, 0.25) is 17.7 Å². The van der Waals surface area contributed by atoms with Gasteiger partial charge >= 0.3 is 5.97 Å². The fourth-order valence-electron chi connectivity index (χ4n) is 3.64. The number of aromatic nitrogens is 1. The summed E-state index contributed by atoms with van der Waals surface area (Å²) in [6.45, 7) is 0. The van der Waals surface area contributed by atoms with E-state index in [0.29, 0.717) is 0 Å². The molecule has 0 radical (unpaired) electrons. The lowest BCUT2D eigenvalue weighted by Gasteiger charge is -2.22. The van der Waals surface area contributed by atoms with Gasteiger partial charge in [-0.25, -0.2) is 4.79 Å². The number of carboxylic acids is 1. The predicted molar refractivity (Wildman–Crippen MR) is 125 cm³/mol. The number of hydrogen-bond acceptors (Lipinski definition) is 5. The largest absolute Gasteiger partial charge is 0.480 e. The molecule has 0 bridgehead atoms. The van der Waals surface area contributed by atoms with Crippen molar-refractivity contribution >= 4 is 34.6 Å². The minimum atomic E-state index is -1.52. The first kappa shape index (κ1) is 24.5. The lowest BCUT2D eigenvalue weighted by molar-refractivity contribution is -0.143. The van der Waals surface area contributed by atoms with Crippen LogP contribution in [0, 0.1) is 0 Å². The number of para-hydroxylation sites is 1. The first-order chi connectivity index (χ1) is 16.2. The highest BCUT2D eigenvalue weighted by Gasteiger charge is 2.29. The van der Waals surface area contributed by atoms with Gasteiger partial charge in [-0.2, -0.15) is 0 Å². The molecule has 3 atom stereocenters. The molecular weight excluding hydrogens is 438 g/mol. The molecule has 2 aromatic carbocycles. The van der Waals surface area contributed by atoms with Crippen molar-refractivity contribution < 1.29 is 24.3 Å². The Bertz CT molecular complexity index is 1180. The molecule has 10 heteroatoms. The van der Waals surface area contributed by atoms with Crippen molar-refractivity contribution in [3.05, 3.63) is 71.9 Å². The maximum absolute atomic E-state index is 13.0. The number of aromatic amines is 1. The number of carboxylic acid groups (broad SMARTS) is 1. The zero-order chi connectivity index (χ0) is 24.7. The Morgan fingerprint density at radius 2 is 1.53 bits per heavy atom. The fourth-order valence-corrected chi connectivity index (χ4v) is 3.64. The second kappa shape index (κ2) is 11.1. The zero-order valence-corrected chi connectivity index (χ0v) is 18.4. The molecule has 1 aromatic heterocycles. The standard InChI is InChI=1S/C24H27N5O5/c25-17(10-14-6-2-1-3-7-14)22(31)28-19(23(32)29-20(24(33)34)12-21(26)30)11-15-13-27-18-9-5-4-8-16(15)18/h1-9,13,17,19-20,27H,10-12,25H2,(H2,26,30)(H,28,31)(H,29,32)(H,33,34)/t17-,19+,20-/m0/s1. The average molecular weight is 466 g/mol. The summed E-state index contributed by atoms with van der Waals surface area (Å²) < 4.78 is 0. The SMILES string of the molecule is NC(=O)C[C@H](NC(=O)[C@@H](Cc1c[nH]c2ccccc12)NC(=O)[C@@H](N)Cc1ccccc1)C(=O)O. The van der Waals surface area contributed by atoms with Crippen LogP contribution in [0.2, 0.25) is 0 Å². The zero-order valence-electron chi connectivity index (χ0n) is 18.4. The summed E-state index contributed by atoms with van der Waals surface area (Å²) in [7, 11) is 0. The van der Waals surface area contributed by atoms with Gasteiger partial charge < -0.3 is 32.2 Å². The van der Waals surface area contributed by atoms with Crippen molar-refractivity contribution in [1.82, 2.24) is 15.6 Å². The summed E-state index contributed by atoms with van der Waals surface area (Å²) in [6.07, 6.45) is 1.47. The number of nitrogens with one attached hydrogen (secondary N) is 3. The van der Waals surface area contributed by atoms with Crippen LogP contribution in [0.5, 0.6) is 0 Å². The second-order valence-electron chi connectivity index (χ2n) is 7.99. The van der Waals surface area contributed by atoms with Crippen LogP contribution in [0.1, 0.15) is 17.5 Å². The number of benzene rings is 2. The Hall–Kier alpha value is -4.18. The Morgan fingerprint density at radius 1 is 0.882 bits per heavy atom. The monoisotopic (exact) mass is 465 g/mol. The number of aliphatic carboxylic acids is 1. The number of carbonyl (C=O) groups is 4. The van der Waals surface area contributed by atoms with Crippen LogP contribution in [0.25, 0.3) is 10.9 Å². The summed E-state index contributed by atoms with van der Waals surface area (Å²) in [4.78, 5) is 51.7. The van der Waals surface area contributed by atoms with E-state index < -0.39 is 48.2 Å². The molecule has 0 aliphatic carbocycles. The van der Waals surface area contributed by atoms with Gasteiger partial charge in [0.1, 0.15) is 12.1 Å². The van der Waals surface area contributed by atoms with E-state index in [9.17, 15) is 24.3 Å². The highest BCUT2D eigenvalue weighted by molar-refractivity contribution is 5.94. The number of rotatable bonds is 11. The Balaban J connectivity index is 1.80. The summed E-state index contributed by atoms with van der Waals surface area (Å²) in [5.41, 5.74) is 13.6. The predicted octanol–water partition coefficient (Wildman–Crippen LogP) is 0.210. The summed E-state index contributed by atoms with van der Waals surface area (Å²) in [5.74, 6) is -3.62. The third-order valence-electron chi connectivity index (χ3n) is 5.39. The Morgan fingerprint density at radius 3 is 2.21 bits per heavy atom. The van der Waals surface area contributed by atoms with Gasteiger partial charge in [-0.3, -0.25) is 14.4 Å². The molecule has 0 saturated carbocycles. The fraction of sp³-hybridized carbons (Fsp3) is 0.250. The second-order valence-corrected chi connectivity index (χ2v) is 7.99. The third-order valence-corrected chi connectivity index (χ3v) is 5.39. The van der Waals surface area contributed by atoms with Crippen molar-refractivity contribution in [3.8, 4) is 0 Å². The quantitative estimate of drug-likeness (QED) is 0.235. The van der Waals surface area contributed by atoms with Crippen molar-refractivity contribution in [2.24, 2.45) is 11.5 Å². The summed E-state index contributed by atoms with van der Waals surface area (Å²) in [6, 6.07) is 13.0. The molecule has 0 saturated heterocycles. The van der Waals surface area contributed by atoms with E-state index in [1.165, 1.54) is 0 Å². The van der Waals surface area contributed by atoms with E-state index in [4.69, 9.17) is 11.5 Å². The van der Waals surface area contributed by atoms with E-state index in [1.54, 1.807) is 6.20 Å². The number of nitrogens with two attached hydrogens (primary N) is 2. The number of fused-ring (bicyclic) bond motifs is 1. The van der Waals surface area contributed by atoms with Gasteiger partial charge in [0.15, 0.2) is 0 Å². The molecule has 178 valence electrons. The van der Waals surface area contributed by atoms with Crippen molar-refractivity contribution in [2.75, 3.05) is 0 Å². The summed E-state index contributed by atoms with van der Waals surface area (Å²) >= 11 is 0. The van der Waals surface area contributed by atoms with Crippen molar-refractivity contribution in [2.45, 2.75) is 37.4 Å². The van der Waals surface area contributed by atoms with E-state index in [2.05, 4.69) is 15.6 Å². The highest BCUT2D eigenvalue weighted by Crippen LogP contribution is 2.19. The van der Waals surface area contributed by atoms with Gasteiger partial charge in [0.05, 0.1) is 12.5 Å². The van der Waals surface area contributed by atoms with E-state index in [0.717, 1.165) is 22.0 Å². The van der Waals surface area contributed by atoms with Crippen LogP contribution in [-0.2, 0) is 32.0 Å². The maximum atomic E-state index is 13.0. The lowest BCUT2D eigenvalue weighted by Crippen LogP contribution is -2.56. The van der Waals surface area contributed by atoms with Crippen LogP contribution in [-0.4, -0.2) is 51.9 Å². The van der Waals surface area contributed by atoms with Crippen molar-refractivity contribution in [1.29, 1.82) is 0 Å². The van der Waals surface area contributed by atoms with Gasteiger partial charge in [-0.1, -0.05) is 48.5 Å². The van der Waals surface area contributed by atoms with Gasteiger partial charge in [-0.15, -0.1) is 0 Å². The summed E-state index contributed by atoms with van der Waals surface area (Å²) in [5, 5.41) is 15.1. The molecule has 3 aromatic rings. The molecule has 0 spiro atoms. The molecule has 0 aliphatic heterocycles. The van der Waals surface area contributed by atoms with Gasteiger partial charge in [0, 0.05) is 23.5 Å². The van der Waals surface area contributed by atoms with Crippen LogP contribution < -0.4 is 22.1 Å². The first-order valence-electron chi connectivity index (χ1n) is 10.7. The Labute approximate surface area is 195 Å². The minimum Gasteiger partial charge on any atom is -0.480 e. The molecule has 3 amide bonds. The lowest BCUT2D eigenvalue weighted by atomic mass is 10.0. The minimum absolute atomic E-state index is 0.0720. The molecule has 3 rings (SSSR count). The molecular formula is C24H27N5O5. The van der Waals surface area contributed by atoms with Crippen LogP contribution >= 0.6 is 0 Å². The number of carbonyl (C=O) groups excluding carboxylic acids is 3. The molecule has 34 heavy (non-hydrogen) atoms. The van der Waals surface area contributed by atoms with Gasteiger partial charge in [-0.05, 0) is 23.6 Å². The van der Waals surface area contributed by atoms with Gasteiger partial charge in [0.25, 0.3) is 0 Å². The van der Waals surface area contributed by atoms with Crippen LogP contribution in [0.3, 0.4) is 0 Å². The third kappa shape index (κ3) is 6.42. The molecule has 0 fully saturated rings. The number of H-pyrrole nitrogens is 1. The number of hydrogen-bond donors (Lipinski definition) is 6. The molecule has 1 heterocycles. The van der Waals surface area contributed by atoms with Crippen LogP contribution in [0.15, 0.2) is 60.8 Å². The smallest absolute Gasteiger partial charge is 0.326 e. The van der Waals surface area contributed by atoms with Crippen molar-refractivity contribution in [3.63, 3.8) is 0 Å². The van der Waals surface area contributed by atoms with E-state index >= 15 is 0 Å². The number of amides is 3. The van der Waals surface area contributed by atoms with E-state index in [-0.39, 0.29) is 12.8 Å². The normalized spacial score (nSPS) is 13.6. The van der Waals surface area contributed by atoms with E-state index in [1.807, 2.05) is 54.6 Å².